The SMILES string of the molecule is C[C@H](Oc1cccc2ccccc12)C(=O)Nc1ccc(F)cc1Cl. The van der Waals surface area contributed by atoms with E-state index in [-0.39, 0.29) is 10.9 Å². The van der Waals surface area contributed by atoms with E-state index in [1.807, 2.05) is 42.5 Å². The Hall–Kier alpha value is -2.59. The van der Waals surface area contributed by atoms with Gasteiger partial charge in [-0.3, -0.25) is 4.79 Å². The lowest BCUT2D eigenvalue weighted by Crippen LogP contribution is -2.30. The number of amides is 1. The predicted octanol–water partition coefficient (Wildman–Crippen LogP) is 5.04. The minimum Gasteiger partial charge on any atom is -0.480 e. The summed E-state index contributed by atoms with van der Waals surface area (Å²) >= 11 is 5.92. The van der Waals surface area contributed by atoms with Crippen LogP contribution in [-0.2, 0) is 4.79 Å². The van der Waals surface area contributed by atoms with Crippen LogP contribution in [0.1, 0.15) is 6.92 Å². The van der Waals surface area contributed by atoms with Crippen molar-refractivity contribution in [3.63, 3.8) is 0 Å². The fraction of sp³-hybridized carbons (Fsp3) is 0.105. The molecule has 0 aliphatic heterocycles. The zero-order valence-electron chi connectivity index (χ0n) is 12.9. The number of benzene rings is 3. The average molecular weight is 344 g/mol. The Morgan fingerprint density at radius 3 is 2.67 bits per heavy atom. The summed E-state index contributed by atoms with van der Waals surface area (Å²) in [5.74, 6) is -0.199. The summed E-state index contributed by atoms with van der Waals surface area (Å²) in [5.41, 5.74) is 0.344. The molecule has 122 valence electrons. The topological polar surface area (TPSA) is 38.3 Å². The van der Waals surface area contributed by atoms with Crippen LogP contribution < -0.4 is 10.1 Å². The second-order valence-electron chi connectivity index (χ2n) is 5.35. The van der Waals surface area contributed by atoms with Crippen molar-refractivity contribution in [1.29, 1.82) is 0 Å². The monoisotopic (exact) mass is 343 g/mol. The van der Waals surface area contributed by atoms with Crippen LogP contribution in [0.3, 0.4) is 0 Å². The van der Waals surface area contributed by atoms with Crippen molar-refractivity contribution < 1.29 is 13.9 Å². The Balaban J connectivity index is 1.76. The molecule has 0 heterocycles. The van der Waals surface area contributed by atoms with Gasteiger partial charge in [0, 0.05) is 5.39 Å². The number of fused-ring (bicyclic) bond motifs is 1. The Bertz CT molecular complexity index is 892. The van der Waals surface area contributed by atoms with E-state index in [1.165, 1.54) is 12.1 Å². The molecule has 1 N–H and O–H groups in total. The molecular formula is C19H15ClFNO2. The standard InChI is InChI=1S/C19H15ClFNO2/c1-12(19(23)22-17-10-9-14(21)11-16(17)20)24-18-8-4-6-13-5-2-3-7-15(13)18/h2-12H,1H3,(H,22,23)/t12-/m0/s1. The van der Waals surface area contributed by atoms with Gasteiger partial charge in [0.1, 0.15) is 11.6 Å². The van der Waals surface area contributed by atoms with Crippen molar-refractivity contribution >= 4 is 34.0 Å². The number of nitrogens with one attached hydrogen (secondary N) is 1. The van der Waals surface area contributed by atoms with E-state index in [0.29, 0.717) is 11.4 Å². The van der Waals surface area contributed by atoms with Gasteiger partial charge < -0.3 is 10.1 Å². The van der Waals surface area contributed by atoms with Crippen molar-refractivity contribution in [2.24, 2.45) is 0 Å². The molecule has 3 nitrogen and oxygen atoms in total. The van der Waals surface area contributed by atoms with E-state index in [1.54, 1.807) is 6.92 Å². The minimum atomic E-state index is -0.739. The first-order valence-electron chi connectivity index (χ1n) is 7.45. The van der Waals surface area contributed by atoms with Gasteiger partial charge >= 0.3 is 0 Å². The van der Waals surface area contributed by atoms with E-state index in [2.05, 4.69) is 5.32 Å². The number of anilines is 1. The van der Waals surface area contributed by atoms with E-state index >= 15 is 0 Å². The predicted molar refractivity (Wildman–Crippen MR) is 94.1 cm³/mol. The minimum absolute atomic E-state index is 0.140. The number of hydrogen-bond acceptors (Lipinski definition) is 2. The Morgan fingerprint density at radius 2 is 1.88 bits per heavy atom. The second-order valence-corrected chi connectivity index (χ2v) is 5.76. The molecule has 0 spiro atoms. The van der Waals surface area contributed by atoms with E-state index in [4.69, 9.17) is 16.3 Å². The molecule has 3 aromatic carbocycles. The van der Waals surface area contributed by atoms with E-state index in [0.717, 1.165) is 16.8 Å². The van der Waals surface area contributed by atoms with Gasteiger partial charge in [-0.05, 0) is 36.6 Å². The highest BCUT2D eigenvalue weighted by Crippen LogP contribution is 2.27. The number of carbonyl (C=O) groups excluding carboxylic acids is 1. The zero-order valence-corrected chi connectivity index (χ0v) is 13.7. The maximum absolute atomic E-state index is 13.1. The van der Waals surface area contributed by atoms with Crippen LogP contribution in [0, 0.1) is 5.82 Å². The average Bonchev–Trinajstić information content (AvgIpc) is 2.57. The first-order chi connectivity index (χ1) is 11.5. The Morgan fingerprint density at radius 1 is 1.12 bits per heavy atom. The lowest BCUT2D eigenvalue weighted by molar-refractivity contribution is -0.122. The summed E-state index contributed by atoms with van der Waals surface area (Å²) in [4.78, 5) is 12.3. The van der Waals surface area contributed by atoms with Gasteiger partial charge in [0.15, 0.2) is 6.10 Å². The molecule has 3 rings (SSSR count). The van der Waals surface area contributed by atoms with Gasteiger partial charge in [0.05, 0.1) is 10.7 Å². The number of halogens is 2. The van der Waals surface area contributed by atoms with E-state index < -0.39 is 11.9 Å². The number of carbonyl (C=O) groups is 1. The summed E-state index contributed by atoms with van der Waals surface area (Å²) in [5, 5.41) is 4.74. The molecular weight excluding hydrogens is 329 g/mol. The molecule has 0 aromatic heterocycles. The summed E-state index contributed by atoms with van der Waals surface area (Å²) < 4.78 is 18.9. The molecule has 5 heteroatoms. The van der Waals surface area contributed by atoms with Crippen LogP contribution in [0.4, 0.5) is 10.1 Å². The molecule has 0 saturated carbocycles. The highest BCUT2D eigenvalue weighted by molar-refractivity contribution is 6.33. The molecule has 3 aromatic rings. The lowest BCUT2D eigenvalue weighted by atomic mass is 10.1. The molecule has 0 saturated heterocycles. The first-order valence-corrected chi connectivity index (χ1v) is 7.83. The van der Waals surface area contributed by atoms with Gasteiger partial charge in [-0.2, -0.15) is 0 Å². The van der Waals surface area contributed by atoms with Gasteiger partial charge in [-0.15, -0.1) is 0 Å². The Labute approximate surface area is 144 Å². The van der Waals surface area contributed by atoms with Gasteiger partial charge in [-0.25, -0.2) is 4.39 Å². The molecule has 0 aliphatic carbocycles. The number of hydrogen-bond donors (Lipinski definition) is 1. The van der Waals surface area contributed by atoms with Crippen LogP contribution in [-0.4, -0.2) is 12.0 Å². The molecule has 0 unspecified atom stereocenters. The third-order valence-corrected chi connectivity index (χ3v) is 3.92. The zero-order chi connectivity index (χ0) is 17.1. The summed E-state index contributed by atoms with van der Waals surface area (Å²) in [6.45, 7) is 1.65. The normalized spacial score (nSPS) is 12.0. The van der Waals surface area contributed by atoms with Crippen LogP contribution >= 0.6 is 11.6 Å². The molecule has 1 atom stereocenters. The second kappa shape index (κ2) is 6.89. The van der Waals surface area contributed by atoms with Crippen LogP contribution in [0.25, 0.3) is 10.8 Å². The van der Waals surface area contributed by atoms with Gasteiger partial charge in [0.2, 0.25) is 0 Å². The summed E-state index contributed by atoms with van der Waals surface area (Å²) in [7, 11) is 0. The molecule has 0 bridgehead atoms. The van der Waals surface area contributed by atoms with Crippen LogP contribution in [0.2, 0.25) is 5.02 Å². The smallest absolute Gasteiger partial charge is 0.265 e. The maximum Gasteiger partial charge on any atom is 0.265 e. The molecule has 1 amide bonds. The fourth-order valence-corrected chi connectivity index (χ4v) is 2.58. The summed E-state index contributed by atoms with van der Waals surface area (Å²) in [6, 6.07) is 17.2. The highest BCUT2D eigenvalue weighted by atomic mass is 35.5. The number of rotatable bonds is 4. The molecule has 0 fully saturated rings. The van der Waals surface area contributed by atoms with Crippen molar-refractivity contribution in [3.05, 3.63) is 71.5 Å². The fourth-order valence-electron chi connectivity index (χ4n) is 2.37. The largest absolute Gasteiger partial charge is 0.480 e. The maximum atomic E-state index is 13.1. The lowest BCUT2D eigenvalue weighted by Gasteiger charge is -2.16. The molecule has 0 aliphatic rings. The summed E-state index contributed by atoms with van der Waals surface area (Å²) in [6.07, 6.45) is -0.739. The Kier molecular flexibility index (Phi) is 4.67. The van der Waals surface area contributed by atoms with Crippen molar-refractivity contribution in [3.8, 4) is 5.75 Å². The number of ether oxygens (including phenoxy) is 1. The van der Waals surface area contributed by atoms with Crippen LogP contribution in [0.5, 0.6) is 5.75 Å². The first kappa shape index (κ1) is 16.3. The van der Waals surface area contributed by atoms with Crippen molar-refractivity contribution in [1.82, 2.24) is 0 Å². The quantitative estimate of drug-likeness (QED) is 0.720. The van der Waals surface area contributed by atoms with Crippen molar-refractivity contribution in [2.75, 3.05) is 5.32 Å². The van der Waals surface area contributed by atoms with Crippen molar-refractivity contribution in [2.45, 2.75) is 13.0 Å². The van der Waals surface area contributed by atoms with Crippen LogP contribution in [0.15, 0.2) is 60.7 Å². The molecule has 0 radical (unpaired) electrons. The van der Waals surface area contributed by atoms with Gasteiger partial charge in [-0.1, -0.05) is 48.0 Å². The highest BCUT2D eigenvalue weighted by Gasteiger charge is 2.17. The van der Waals surface area contributed by atoms with E-state index in [9.17, 15) is 9.18 Å². The third kappa shape index (κ3) is 3.49. The third-order valence-electron chi connectivity index (χ3n) is 3.61. The molecule has 24 heavy (non-hydrogen) atoms. The van der Waals surface area contributed by atoms with Gasteiger partial charge in [0.25, 0.3) is 5.91 Å².